The molecule has 1 amide bonds. The number of aromatic nitrogens is 3. The molecular weight excluding hydrogens is 498 g/mol. The maximum atomic E-state index is 14.0. The van der Waals surface area contributed by atoms with Gasteiger partial charge in [0.2, 0.25) is 0 Å². The number of hydrogen-bond acceptors (Lipinski definition) is 6. The van der Waals surface area contributed by atoms with Gasteiger partial charge in [0, 0.05) is 12.6 Å². The molecule has 0 saturated heterocycles. The van der Waals surface area contributed by atoms with E-state index in [-0.39, 0.29) is 33.8 Å². The van der Waals surface area contributed by atoms with Crippen molar-refractivity contribution >= 4 is 40.6 Å². The molecule has 2 aromatic heterocycles. The van der Waals surface area contributed by atoms with Crippen molar-refractivity contribution in [2.75, 3.05) is 24.9 Å². The summed E-state index contributed by atoms with van der Waals surface area (Å²) in [5.74, 6) is -0.154. The molecule has 8 nitrogen and oxygen atoms in total. The topological polar surface area (TPSA) is 90.3 Å². The maximum absolute atomic E-state index is 14.0. The Morgan fingerprint density at radius 3 is 2.59 bits per heavy atom. The number of nitrogens with one attached hydrogen (secondary N) is 2. The van der Waals surface area contributed by atoms with Crippen LogP contribution in [0.15, 0.2) is 36.5 Å². The fourth-order valence-electron chi connectivity index (χ4n) is 3.68. The predicted octanol–water partition coefficient (Wildman–Crippen LogP) is 5.51. The molecule has 2 N–H and O–H groups in total. The zero-order chi connectivity index (χ0) is 24.6. The van der Waals surface area contributed by atoms with E-state index >= 15 is 0 Å². The lowest BCUT2D eigenvalue weighted by molar-refractivity contribution is -0.173. The van der Waals surface area contributed by atoms with Crippen molar-refractivity contribution < 1.29 is 27.4 Å². The second-order valence-corrected chi connectivity index (χ2v) is 8.09. The van der Waals surface area contributed by atoms with Crippen molar-refractivity contribution in [3.05, 3.63) is 58.0 Å². The summed E-state index contributed by atoms with van der Waals surface area (Å²) in [6.07, 6.45) is -3.62. The Morgan fingerprint density at radius 2 is 1.94 bits per heavy atom. The van der Waals surface area contributed by atoms with E-state index < -0.39 is 24.2 Å². The third-order valence-electron chi connectivity index (χ3n) is 5.33. The summed E-state index contributed by atoms with van der Waals surface area (Å²) in [5, 5.41) is 9.10. The van der Waals surface area contributed by atoms with Crippen LogP contribution in [0.25, 0.3) is 0 Å². The van der Waals surface area contributed by atoms with E-state index in [4.69, 9.17) is 32.7 Å². The summed E-state index contributed by atoms with van der Waals surface area (Å²) in [4.78, 5) is 16.6. The number of ether oxygens (including phenoxy) is 2. The first-order chi connectivity index (χ1) is 16.1. The second kappa shape index (κ2) is 9.22. The summed E-state index contributed by atoms with van der Waals surface area (Å²) in [6, 6.07) is 5.02. The lowest BCUT2D eigenvalue weighted by atomic mass is 9.96. The number of rotatable bonds is 5. The third kappa shape index (κ3) is 4.45. The first-order valence-electron chi connectivity index (χ1n) is 9.89. The van der Waals surface area contributed by atoms with Crippen LogP contribution in [0, 0.1) is 0 Å². The number of nitrogens with zero attached hydrogens (tertiary/aromatic N) is 3. The lowest BCUT2D eigenvalue weighted by Crippen LogP contribution is -2.35. The Hall–Kier alpha value is -3.18. The third-order valence-corrected chi connectivity index (χ3v) is 5.99. The summed E-state index contributed by atoms with van der Waals surface area (Å²) >= 11 is 12.3. The predicted molar refractivity (Wildman–Crippen MR) is 120 cm³/mol. The average Bonchev–Trinajstić information content (AvgIpc) is 3.15. The molecule has 1 aliphatic heterocycles. The number of anilines is 2. The molecule has 0 aliphatic carbocycles. The highest BCUT2D eigenvalue weighted by Gasteiger charge is 2.48. The van der Waals surface area contributed by atoms with E-state index in [0.717, 1.165) is 0 Å². The molecule has 0 unspecified atom stereocenters. The Labute approximate surface area is 202 Å². The monoisotopic (exact) mass is 515 g/mol. The minimum atomic E-state index is -4.65. The van der Waals surface area contributed by atoms with Crippen molar-refractivity contribution in [2.45, 2.75) is 24.7 Å². The molecule has 0 fully saturated rings. The van der Waals surface area contributed by atoms with Crippen LogP contribution in [0.1, 0.15) is 34.6 Å². The van der Waals surface area contributed by atoms with E-state index in [1.807, 2.05) is 0 Å². The number of hydrogen-bond donors (Lipinski definition) is 2. The highest BCUT2D eigenvalue weighted by molar-refractivity contribution is 6.37. The van der Waals surface area contributed by atoms with Crippen LogP contribution in [0.4, 0.5) is 24.7 Å². The van der Waals surface area contributed by atoms with Crippen LogP contribution in [-0.4, -0.2) is 41.1 Å². The zero-order valence-corrected chi connectivity index (χ0v) is 19.3. The van der Waals surface area contributed by atoms with Gasteiger partial charge in [-0.15, -0.1) is 0 Å². The maximum Gasteiger partial charge on any atom is 0.410 e. The number of carbonyl (C=O) groups is 1. The fourth-order valence-corrected chi connectivity index (χ4v) is 4.11. The number of carbonyl (C=O) groups excluding carboxylic acids is 1. The van der Waals surface area contributed by atoms with Gasteiger partial charge in [0.05, 0.1) is 25.9 Å². The molecule has 1 aliphatic rings. The first-order valence-corrected chi connectivity index (χ1v) is 10.6. The average molecular weight is 516 g/mol. The van der Waals surface area contributed by atoms with Gasteiger partial charge >= 0.3 is 6.18 Å². The summed E-state index contributed by atoms with van der Waals surface area (Å²) in [7, 11) is 2.89. The molecule has 0 spiro atoms. The van der Waals surface area contributed by atoms with Gasteiger partial charge < -0.3 is 20.1 Å². The molecule has 0 saturated carbocycles. The Morgan fingerprint density at radius 1 is 1.21 bits per heavy atom. The van der Waals surface area contributed by atoms with Gasteiger partial charge in [-0.3, -0.25) is 4.79 Å². The molecular formula is C21H18Cl2F3N5O3. The molecule has 2 atom stereocenters. The normalized spacial score (nSPS) is 17.5. The van der Waals surface area contributed by atoms with Gasteiger partial charge in [-0.1, -0.05) is 29.3 Å². The van der Waals surface area contributed by atoms with Crippen molar-refractivity contribution in [3.8, 4) is 11.5 Å². The molecule has 180 valence electrons. The molecule has 3 aromatic rings. The zero-order valence-electron chi connectivity index (χ0n) is 17.8. The number of amides is 1. The molecule has 4 rings (SSSR count). The Bertz CT molecular complexity index is 1230. The number of halogens is 5. The summed E-state index contributed by atoms with van der Waals surface area (Å²) < 4.78 is 53.2. The smallest absolute Gasteiger partial charge is 0.410 e. The van der Waals surface area contributed by atoms with Crippen LogP contribution >= 0.6 is 23.2 Å². The number of methoxy groups -OCH3 is 2. The first kappa shape index (κ1) is 24.0. The molecule has 34 heavy (non-hydrogen) atoms. The summed E-state index contributed by atoms with van der Waals surface area (Å²) in [5.41, 5.74) is 0.301. The van der Waals surface area contributed by atoms with Gasteiger partial charge in [-0.05, 0) is 29.8 Å². The van der Waals surface area contributed by atoms with E-state index in [1.54, 1.807) is 18.2 Å². The molecule has 0 bridgehead atoms. The number of pyridine rings is 1. The van der Waals surface area contributed by atoms with Gasteiger partial charge in [-0.25, -0.2) is 9.67 Å². The van der Waals surface area contributed by atoms with Crippen molar-refractivity contribution in [1.29, 1.82) is 0 Å². The van der Waals surface area contributed by atoms with Crippen LogP contribution in [0.2, 0.25) is 10.2 Å². The molecule has 13 heteroatoms. The fraction of sp³-hybridized carbons (Fsp3) is 0.286. The Kier molecular flexibility index (Phi) is 6.50. The minimum Gasteiger partial charge on any atom is -0.493 e. The molecule has 0 radical (unpaired) electrons. The van der Waals surface area contributed by atoms with Crippen molar-refractivity contribution in [3.63, 3.8) is 0 Å². The van der Waals surface area contributed by atoms with E-state index in [0.29, 0.717) is 21.7 Å². The van der Waals surface area contributed by atoms with Crippen molar-refractivity contribution in [2.24, 2.45) is 0 Å². The van der Waals surface area contributed by atoms with Crippen molar-refractivity contribution in [1.82, 2.24) is 14.8 Å². The lowest BCUT2D eigenvalue weighted by Gasteiger charge is -2.33. The van der Waals surface area contributed by atoms with E-state index in [9.17, 15) is 18.0 Å². The van der Waals surface area contributed by atoms with Crippen LogP contribution < -0.4 is 20.1 Å². The van der Waals surface area contributed by atoms with Gasteiger partial charge in [-0.2, -0.15) is 18.3 Å². The van der Waals surface area contributed by atoms with Gasteiger partial charge in [0.1, 0.15) is 10.8 Å². The van der Waals surface area contributed by atoms with Crippen LogP contribution in [0.5, 0.6) is 11.5 Å². The largest absolute Gasteiger partial charge is 0.493 e. The standard InChI is InChI=1S/C21H18Cl2F3N5O3/c1-33-13-6-5-10(8-14(13)34-2)12-9-15(21(24,25)26)31-19(28-12)16(22)17(30-31)20(32)29-11-4-3-7-27-18(11)23/h3-8,12,15,28H,9H2,1-2H3,(H,29,32)/t12-,15-/m0/s1. The van der Waals surface area contributed by atoms with Crippen LogP contribution in [0.3, 0.4) is 0 Å². The Balaban J connectivity index is 1.72. The number of fused-ring (bicyclic) bond motifs is 1. The quantitative estimate of drug-likeness (QED) is 0.435. The highest BCUT2D eigenvalue weighted by atomic mass is 35.5. The number of benzene rings is 1. The summed E-state index contributed by atoms with van der Waals surface area (Å²) in [6.45, 7) is 0. The van der Waals surface area contributed by atoms with E-state index in [2.05, 4.69) is 20.7 Å². The minimum absolute atomic E-state index is 0.00996. The number of alkyl halides is 3. The van der Waals surface area contributed by atoms with Crippen LogP contribution in [-0.2, 0) is 0 Å². The second-order valence-electron chi connectivity index (χ2n) is 7.36. The van der Waals surface area contributed by atoms with Gasteiger partial charge in [0.25, 0.3) is 5.91 Å². The highest BCUT2D eigenvalue weighted by Crippen LogP contribution is 2.47. The SMILES string of the molecule is COc1ccc([C@@H]2C[C@@H](C(F)(F)F)n3nc(C(=O)Nc4cccnc4Cl)c(Cl)c3N2)cc1OC. The van der Waals surface area contributed by atoms with E-state index in [1.165, 1.54) is 32.5 Å². The molecule has 1 aromatic carbocycles. The van der Waals surface area contributed by atoms with Gasteiger partial charge in [0.15, 0.2) is 28.4 Å². The molecule has 3 heterocycles.